The summed E-state index contributed by atoms with van der Waals surface area (Å²) in [6, 6.07) is 15.1. The summed E-state index contributed by atoms with van der Waals surface area (Å²) in [6.07, 6.45) is 12.3. The van der Waals surface area contributed by atoms with Crippen molar-refractivity contribution in [1.29, 1.82) is 0 Å². The average Bonchev–Trinajstić information content (AvgIpc) is 3.74. The number of rotatable bonds is 10. The fourth-order valence-corrected chi connectivity index (χ4v) is 4.91. The number of halogens is 1. The quantitative estimate of drug-likeness (QED) is 0.416. The van der Waals surface area contributed by atoms with Crippen LogP contribution in [0.1, 0.15) is 68.1 Å². The Bertz CT molecular complexity index is 1050. The summed E-state index contributed by atoms with van der Waals surface area (Å²) >= 11 is 6.64. The lowest BCUT2D eigenvalue weighted by molar-refractivity contribution is 0.302. The minimum Gasteiger partial charge on any atom is -0.490 e. The van der Waals surface area contributed by atoms with Crippen LogP contribution in [0.15, 0.2) is 60.3 Å². The normalized spacial score (nSPS) is 19.2. The fourth-order valence-electron chi connectivity index (χ4n) is 4.73. The van der Waals surface area contributed by atoms with Gasteiger partial charge in [-0.25, -0.2) is 0 Å². The Morgan fingerprint density at radius 3 is 2.70 bits per heavy atom. The molecule has 0 aromatic heterocycles. The number of nitrogens with two attached hydrogens (primary N) is 1. The van der Waals surface area contributed by atoms with Gasteiger partial charge in [-0.05, 0) is 91.3 Å². The first-order valence-corrected chi connectivity index (χ1v) is 12.9. The predicted octanol–water partition coefficient (Wildman–Crippen LogP) is 6.92. The third-order valence-corrected chi connectivity index (χ3v) is 7.40. The van der Waals surface area contributed by atoms with Crippen molar-refractivity contribution in [3.05, 3.63) is 82.0 Å². The number of hydrogen-bond acceptors (Lipinski definition) is 3. The Morgan fingerprint density at radius 2 is 1.94 bits per heavy atom. The third kappa shape index (κ3) is 5.47. The predicted molar refractivity (Wildman–Crippen MR) is 137 cm³/mol. The van der Waals surface area contributed by atoms with E-state index >= 15 is 0 Å². The highest BCUT2D eigenvalue weighted by atomic mass is 35.5. The number of allylic oxidation sites excluding steroid dienone is 2. The van der Waals surface area contributed by atoms with Gasteiger partial charge in [0.1, 0.15) is 5.75 Å². The van der Waals surface area contributed by atoms with Crippen molar-refractivity contribution >= 4 is 17.2 Å². The van der Waals surface area contributed by atoms with E-state index in [0.717, 1.165) is 43.2 Å². The van der Waals surface area contributed by atoms with E-state index in [1.165, 1.54) is 53.5 Å². The van der Waals surface area contributed by atoms with Gasteiger partial charge in [-0.2, -0.15) is 0 Å². The Hall–Kier alpha value is -2.23. The Balaban J connectivity index is 1.36. The van der Waals surface area contributed by atoms with Crippen LogP contribution in [0, 0.1) is 5.92 Å². The van der Waals surface area contributed by atoms with Gasteiger partial charge in [0.25, 0.3) is 0 Å². The molecular formula is C29H35ClN2O. The summed E-state index contributed by atoms with van der Waals surface area (Å²) in [5, 5.41) is 0.851. The maximum atomic E-state index is 6.64. The van der Waals surface area contributed by atoms with Gasteiger partial charge < -0.3 is 15.4 Å². The second-order valence-electron chi connectivity index (χ2n) is 9.90. The molecule has 0 saturated heterocycles. The molecule has 2 N–H and O–H groups in total. The minimum atomic E-state index is 0.404. The second-order valence-corrected chi connectivity index (χ2v) is 10.3. The van der Waals surface area contributed by atoms with Gasteiger partial charge in [0.15, 0.2) is 0 Å². The molecule has 1 atom stereocenters. The largest absolute Gasteiger partial charge is 0.490 e. The lowest BCUT2D eigenvalue weighted by Crippen LogP contribution is -2.22. The van der Waals surface area contributed by atoms with E-state index < -0.39 is 0 Å². The molecule has 1 heterocycles. The SMILES string of the molecule is CC(CCCN)c1ccc(Cl)c(CN2C=C(C3CC3)C(c3ccccc3OC3CC3)=CC2)c1. The van der Waals surface area contributed by atoms with Crippen molar-refractivity contribution in [3.63, 3.8) is 0 Å². The number of nitrogens with zero attached hydrogens (tertiary/aromatic N) is 1. The van der Waals surface area contributed by atoms with Crippen LogP contribution in [0.2, 0.25) is 5.02 Å². The molecule has 2 fully saturated rings. The van der Waals surface area contributed by atoms with Crippen molar-refractivity contribution in [2.24, 2.45) is 11.7 Å². The molecule has 2 saturated carbocycles. The summed E-state index contributed by atoms with van der Waals surface area (Å²) in [5.41, 5.74) is 12.3. The van der Waals surface area contributed by atoms with Crippen LogP contribution in [0.4, 0.5) is 0 Å². The van der Waals surface area contributed by atoms with Gasteiger partial charge in [-0.1, -0.05) is 54.9 Å². The van der Waals surface area contributed by atoms with Crippen molar-refractivity contribution in [2.45, 2.75) is 64.0 Å². The van der Waals surface area contributed by atoms with E-state index in [2.05, 4.69) is 66.6 Å². The number of benzene rings is 2. The van der Waals surface area contributed by atoms with Gasteiger partial charge in [-0.15, -0.1) is 0 Å². The molecule has 2 aliphatic carbocycles. The Labute approximate surface area is 203 Å². The summed E-state index contributed by atoms with van der Waals surface area (Å²) in [7, 11) is 0. The summed E-state index contributed by atoms with van der Waals surface area (Å²) in [5.74, 6) is 2.19. The lowest BCUT2D eigenvalue weighted by Gasteiger charge is -2.28. The molecule has 174 valence electrons. The molecule has 5 rings (SSSR count). The topological polar surface area (TPSA) is 38.5 Å². The van der Waals surface area contributed by atoms with E-state index in [0.29, 0.717) is 17.9 Å². The first kappa shape index (κ1) is 22.6. The molecule has 33 heavy (non-hydrogen) atoms. The van der Waals surface area contributed by atoms with Crippen molar-refractivity contribution in [3.8, 4) is 5.75 Å². The van der Waals surface area contributed by atoms with Gasteiger partial charge in [0.05, 0.1) is 6.10 Å². The van der Waals surface area contributed by atoms with Crippen LogP contribution >= 0.6 is 11.6 Å². The smallest absolute Gasteiger partial charge is 0.127 e. The van der Waals surface area contributed by atoms with Crippen molar-refractivity contribution in [2.75, 3.05) is 13.1 Å². The maximum absolute atomic E-state index is 6.64. The first-order chi connectivity index (χ1) is 16.1. The Kier molecular flexibility index (Phi) is 6.80. The van der Waals surface area contributed by atoms with Gasteiger partial charge >= 0.3 is 0 Å². The fraction of sp³-hybridized carbons (Fsp3) is 0.448. The summed E-state index contributed by atoms with van der Waals surface area (Å²) in [6.45, 7) is 4.74. The summed E-state index contributed by atoms with van der Waals surface area (Å²) < 4.78 is 6.25. The molecule has 2 aromatic rings. The molecule has 2 aromatic carbocycles. The van der Waals surface area contributed by atoms with E-state index in [-0.39, 0.29) is 0 Å². The van der Waals surface area contributed by atoms with E-state index in [1.807, 2.05) is 0 Å². The molecule has 0 bridgehead atoms. The zero-order chi connectivity index (χ0) is 22.8. The third-order valence-electron chi connectivity index (χ3n) is 7.03. The highest BCUT2D eigenvalue weighted by Gasteiger charge is 2.32. The monoisotopic (exact) mass is 462 g/mol. The van der Waals surface area contributed by atoms with Crippen LogP contribution in [0.3, 0.4) is 0 Å². The Morgan fingerprint density at radius 1 is 1.12 bits per heavy atom. The van der Waals surface area contributed by atoms with Crippen LogP contribution in [-0.4, -0.2) is 24.1 Å². The van der Waals surface area contributed by atoms with Crippen LogP contribution < -0.4 is 10.5 Å². The molecule has 3 nitrogen and oxygen atoms in total. The van der Waals surface area contributed by atoms with E-state index in [1.54, 1.807) is 0 Å². The number of ether oxygens (including phenoxy) is 1. The zero-order valence-electron chi connectivity index (χ0n) is 19.6. The van der Waals surface area contributed by atoms with Gasteiger partial charge in [0, 0.05) is 29.9 Å². The molecule has 1 aliphatic heterocycles. The second kappa shape index (κ2) is 9.95. The molecule has 0 radical (unpaired) electrons. The molecule has 4 heteroatoms. The number of para-hydroxylation sites is 1. The van der Waals surface area contributed by atoms with Gasteiger partial charge in [-0.3, -0.25) is 0 Å². The molecule has 1 unspecified atom stereocenters. The molecule has 0 spiro atoms. The molecule has 0 amide bonds. The minimum absolute atomic E-state index is 0.404. The van der Waals surface area contributed by atoms with Crippen LogP contribution in [0.25, 0.3) is 5.57 Å². The van der Waals surface area contributed by atoms with Crippen molar-refractivity contribution < 1.29 is 4.74 Å². The van der Waals surface area contributed by atoms with E-state index in [4.69, 9.17) is 22.1 Å². The van der Waals surface area contributed by atoms with Crippen molar-refractivity contribution in [1.82, 2.24) is 4.90 Å². The van der Waals surface area contributed by atoms with E-state index in [9.17, 15) is 0 Å². The highest BCUT2D eigenvalue weighted by molar-refractivity contribution is 6.31. The van der Waals surface area contributed by atoms with Gasteiger partial charge in [0.2, 0.25) is 0 Å². The van der Waals surface area contributed by atoms with Crippen LogP contribution in [0.5, 0.6) is 5.75 Å². The summed E-state index contributed by atoms with van der Waals surface area (Å²) in [4.78, 5) is 2.41. The zero-order valence-corrected chi connectivity index (χ0v) is 20.4. The first-order valence-electron chi connectivity index (χ1n) is 12.5. The lowest BCUT2D eigenvalue weighted by atomic mass is 9.91. The number of hydrogen-bond donors (Lipinski definition) is 1. The van der Waals surface area contributed by atoms with Crippen LogP contribution in [-0.2, 0) is 6.54 Å². The molecule has 3 aliphatic rings. The highest BCUT2D eigenvalue weighted by Crippen LogP contribution is 2.47. The maximum Gasteiger partial charge on any atom is 0.127 e. The molecular weight excluding hydrogens is 428 g/mol. The standard InChI is InChI=1S/C29H35ClN2O/c1-20(5-4-15-31)22-10-13-28(30)23(17-22)18-32-16-14-25(27(19-32)21-8-9-21)26-6-2-3-7-29(26)33-24-11-12-24/h2-3,6-7,10,13-14,17,19-21,24H,4-5,8-9,11-12,15-16,18,31H2,1H3. The average molecular weight is 463 g/mol.